The summed E-state index contributed by atoms with van der Waals surface area (Å²) in [5, 5.41) is 19.2. The number of β-amino-alcohol motifs (C(OH)–C–C–N with tert-alkyl or cyclic N) is 1. The van der Waals surface area contributed by atoms with E-state index in [1.165, 1.54) is 0 Å². The SMILES string of the molecule is COc1ccc(C(OC[C@@H]2C[C@@H](O)CN2C(=O)CCCCCCC(=O)CCCCCNC(=O)[C@H](CCCCNC(=O)OCc2ccccc2)NC(=O)OCc2ccccc2)(c2ccccc2)c2ccc(OC)cc2)cc1. The Kier molecular flexibility index (Phi) is 24.1. The second-order valence-corrected chi connectivity index (χ2v) is 19.2. The highest BCUT2D eigenvalue weighted by atomic mass is 16.6. The summed E-state index contributed by atoms with van der Waals surface area (Å²) in [5.41, 5.74) is 3.34. The molecular weight excluding hydrogens is 965 g/mol. The molecule has 76 heavy (non-hydrogen) atoms. The van der Waals surface area contributed by atoms with Crippen LogP contribution < -0.4 is 25.4 Å². The van der Waals surface area contributed by atoms with Gasteiger partial charge in [-0.15, -0.1) is 0 Å². The quantitative estimate of drug-likeness (QED) is 0.0237. The topological polar surface area (TPSA) is 191 Å². The standard InChI is InChI=1S/C61H76N4O11/c1-72-54-35-31-49(32-36-54)61(48-25-13-7-14-26-48,50-33-37-55(73-2)38-34-50)76-45-51-41-53(67)42-65(51)57(68)30-17-4-3-15-27-52(66)28-16-8-19-39-62-58(69)56(64-60(71)75-44-47-23-11-6-12-24-47)29-18-20-40-63-59(70)74-43-46-21-9-5-10-22-46/h5-7,9-14,21-26,31-38,51,53,56,67H,3-4,8,15-20,27-30,39-45H2,1-2H3,(H,62,69)(H,63,70)(H,64,71)/t51-,53+,56-/m0/s1. The molecule has 1 fully saturated rings. The van der Waals surface area contributed by atoms with Crippen molar-refractivity contribution in [3.63, 3.8) is 0 Å². The number of hydrogen-bond acceptors (Lipinski definition) is 11. The molecule has 1 saturated heterocycles. The number of methoxy groups -OCH3 is 2. The summed E-state index contributed by atoms with van der Waals surface area (Å²) in [6.07, 6.45) is 6.46. The summed E-state index contributed by atoms with van der Waals surface area (Å²) in [7, 11) is 3.26. The molecule has 0 spiro atoms. The second-order valence-electron chi connectivity index (χ2n) is 19.2. The van der Waals surface area contributed by atoms with Crippen molar-refractivity contribution < 1.29 is 52.8 Å². The highest BCUT2D eigenvalue weighted by molar-refractivity contribution is 5.85. The van der Waals surface area contributed by atoms with E-state index >= 15 is 0 Å². The maximum Gasteiger partial charge on any atom is 0.408 e. The van der Waals surface area contributed by atoms with Crippen molar-refractivity contribution >= 4 is 29.8 Å². The zero-order valence-corrected chi connectivity index (χ0v) is 44.1. The van der Waals surface area contributed by atoms with Crippen molar-refractivity contribution in [2.75, 3.05) is 40.5 Å². The number of aliphatic hydroxyl groups excluding tert-OH is 1. The predicted molar refractivity (Wildman–Crippen MR) is 291 cm³/mol. The van der Waals surface area contributed by atoms with Crippen molar-refractivity contribution in [3.05, 3.63) is 167 Å². The molecule has 1 heterocycles. The van der Waals surface area contributed by atoms with E-state index in [1.807, 2.05) is 140 Å². The van der Waals surface area contributed by atoms with Gasteiger partial charge in [-0.2, -0.15) is 0 Å². The van der Waals surface area contributed by atoms with Crippen LogP contribution in [0.25, 0.3) is 0 Å². The smallest absolute Gasteiger partial charge is 0.408 e. The van der Waals surface area contributed by atoms with Crippen molar-refractivity contribution in [3.8, 4) is 11.5 Å². The van der Waals surface area contributed by atoms with E-state index in [2.05, 4.69) is 16.0 Å². The fraction of sp³-hybridized carbons (Fsp3) is 0.426. The minimum atomic E-state index is -1.05. The van der Waals surface area contributed by atoms with E-state index in [0.29, 0.717) is 88.8 Å². The number of carbonyl (C=O) groups excluding carboxylic acids is 5. The summed E-state index contributed by atoms with van der Waals surface area (Å²) >= 11 is 0. The molecule has 0 unspecified atom stereocenters. The van der Waals surface area contributed by atoms with E-state index in [1.54, 1.807) is 19.1 Å². The van der Waals surface area contributed by atoms with Crippen LogP contribution in [0.1, 0.15) is 118 Å². The summed E-state index contributed by atoms with van der Waals surface area (Å²) in [4.78, 5) is 66.4. The molecule has 5 aromatic carbocycles. The number of likely N-dealkylation sites (tertiary alicyclic amines) is 1. The molecule has 0 aromatic heterocycles. The zero-order chi connectivity index (χ0) is 53.8. The third-order valence-corrected chi connectivity index (χ3v) is 13.6. The fourth-order valence-electron chi connectivity index (χ4n) is 9.44. The van der Waals surface area contributed by atoms with Gasteiger partial charge in [0.05, 0.1) is 33.0 Å². The van der Waals surface area contributed by atoms with Gasteiger partial charge in [0.1, 0.15) is 42.1 Å². The van der Waals surface area contributed by atoms with Crippen molar-refractivity contribution in [2.45, 2.75) is 127 Å². The van der Waals surface area contributed by atoms with Gasteiger partial charge in [0.2, 0.25) is 11.8 Å². The molecule has 6 rings (SSSR count). The average molecular weight is 1040 g/mol. The van der Waals surface area contributed by atoms with Crippen LogP contribution in [0.4, 0.5) is 9.59 Å². The number of benzene rings is 5. The Morgan fingerprint density at radius 3 is 1.63 bits per heavy atom. The van der Waals surface area contributed by atoms with Crippen molar-refractivity contribution in [2.24, 2.45) is 0 Å². The molecule has 4 N–H and O–H groups in total. The molecule has 0 radical (unpaired) electrons. The van der Waals surface area contributed by atoms with Gasteiger partial charge in [-0.1, -0.05) is 135 Å². The number of Topliss-reactive ketones (excluding diaryl/α,β-unsaturated/α-hetero) is 1. The highest BCUT2D eigenvalue weighted by Gasteiger charge is 2.41. The summed E-state index contributed by atoms with van der Waals surface area (Å²) in [5.74, 6) is 1.28. The minimum Gasteiger partial charge on any atom is -0.497 e. The lowest BCUT2D eigenvalue weighted by Crippen LogP contribution is -2.47. The predicted octanol–water partition coefficient (Wildman–Crippen LogP) is 9.95. The number of ketones is 1. The molecule has 406 valence electrons. The van der Waals surface area contributed by atoms with Crippen LogP contribution in [0.3, 0.4) is 0 Å². The number of aliphatic hydroxyl groups is 1. The molecule has 5 aromatic rings. The van der Waals surface area contributed by atoms with Crippen LogP contribution in [0.5, 0.6) is 11.5 Å². The van der Waals surface area contributed by atoms with E-state index in [9.17, 15) is 29.1 Å². The average Bonchev–Trinajstić information content (AvgIpc) is 3.92. The van der Waals surface area contributed by atoms with Gasteiger partial charge in [-0.05, 0) is 103 Å². The number of rotatable bonds is 32. The van der Waals surface area contributed by atoms with Gasteiger partial charge in [-0.25, -0.2) is 9.59 Å². The van der Waals surface area contributed by atoms with Gasteiger partial charge in [-0.3, -0.25) is 14.4 Å². The van der Waals surface area contributed by atoms with Crippen LogP contribution >= 0.6 is 0 Å². The number of nitrogens with one attached hydrogen (secondary N) is 3. The highest BCUT2D eigenvalue weighted by Crippen LogP contribution is 2.42. The lowest BCUT2D eigenvalue weighted by Gasteiger charge is -2.38. The first-order valence-electron chi connectivity index (χ1n) is 26.7. The molecule has 15 nitrogen and oxygen atoms in total. The lowest BCUT2D eigenvalue weighted by atomic mass is 9.80. The molecule has 0 bridgehead atoms. The third kappa shape index (κ3) is 18.6. The molecule has 4 amide bonds. The first-order chi connectivity index (χ1) is 37.1. The summed E-state index contributed by atoms with van der Waals surface area (Å²) < 4.78 is 28.7. The Bertz CT molecular complexity index is 2470. The second kappa shape index (κ2) is 31.6. The van der Waals surface area contributed by atoms with Crippen molar-refractivity contribution in [1.29, 1.82) is 0 Å². The largest absolute Gasteiger partial charge is 0.497 e. The van der Waals surface area contributed by atoms with E-state index in [-0.39, 0.29) is 50.0 Å². The molecule has 0 saturated carbocycles. The van der Waals surface area contributed by atoms with Crippen LogP contribution in [-0.4, -0.2) is 98.4 Å². The third-order valence-electron chi connectivity index (χ3n) is 13.6. The number of unbranched alkanes of at least 4 members (excludes halogenated alkanes) is 6. The zero-order valence-electron chi connectivity index (χ0n) is 44.1. The maximum absolute atomic E-state index is 13.7. The van der Waals surface area contributed by atoms with E-state index in [0.717, 1.165) is 53.5 Å². The van der Waals surface area contributed by atoms with Gasteiger partial charge < -0.3 is 49.6 Å². The van der Waals surface area contributed by atoms with E-state index < -0.39 is 29.9 Å². The Morgan fingerprint density at radius 1 is 0.579 bits per heavy atom. The Balaban J connectivity index is 0.878. The first-order valence-corrected chi connectivity index (χ1v) is 26.7. The van der Waals surface area contributed by atoms with Crippen LogP contribution in [0.15, 0.2) is 140 Å². The fourth-order valence-corrected chi connectivity index (χ4v) is 9.44. The minimum absolute atomic E-state index is 0.0202. The molecule has 0 aliphatic carbocycles. The summed E-state index contributed by atoms with van der Waals surface area (Å²) in [6, 6.07) is 43.1. The Hall–Kier alpha value is -7.23. The molecular formula is C61H76N4O11. The van der Waals surface area contributed by atoms with Crippen LogP contribution in [0.2, 0.25) is 0 Å². The number of ether oxygens (including phenoxy) is 5. The van der Waals surface area contributed by atoms with E-state index in [4.69, 9.17) is 23.7 Å². The maximum atomic E-state index is 13.7. The van der Waals surface area contributed by atoms with Gasteiger partial charge in [0.25, 0.3) is 0 Å². The number of amides is 4. The van der Waals surface area contributed by atoms with Crippen LogP contribution in [0, 0.1) is 0 Å². The monoisotopic (exact) mass is 1040 g/mol. The number of alkyl carbamates (subject to hydrolysis) is 2. The van der Waals surface area contributed by atoms with Gasteiger partial charge >= 0.3 is 12.2 Å². The van der Waals surface area contributed by atoms with Crippen molar-refractivity contribution in [1.82, 2.24) is 20.9 Å². The molecule has 1 aliphatic rings. The number of hydrogen-bond donors (Lipinski definition) is 4. The number of nitrogens with zero attached hydrogens (tertiary/aromatic N) is 1. The Morgan fingerprint density at radius 2 is 1.07 bits per heavy atom. The Labute approximate surface area is 448 Å². The normalized spacial score (nSPS) is 14.5. The first kappa shape index (κ1) is 58.0. The number of carbonyl (C=O) groups is 5. The van der Waals surface area contributed by atoms with Crippen LogP contribution in [-0.2, 0) is 47.4 Å². The van der Waals surface area contributed by atoms with Gasteiger partial charge in [0.15, 0.2) is 0 Å². The van der Waals surface area contributed by atoms with Gasteiger partial charge in [0, 0.05) is 38.9 Å². The molecule has 1 aliphatic heterocycles. The molecule has 3 atom stereocenters. The summed E-state index contributed by atoms with van der Waals surface area (Å²) in [6.45, 7) is 1.41. The molecule has 15 heteroatoms. The lowest BCUT2D eigenvalue weighted by molar-refractivity contribution is -0.134.